The van der Waals surface area contributed by atoms with E-state index in [0.717, 1.165) is 29.9 Å². The highest BCUT2D eigenvalue weighted by Gasteiger charge is 2.18. The average Bonchev–Trinajstić information content (AvgIpc) is 3.12. The molecule has 2 rings (SSSR count). The number of aryl methyl sites for hydroxylation is 1. The molecule has 0 aromatic heterocycles. The number of nitrogens with one attached hydrogen (secondary N) is 2. The first-order valence-electron chi connectivity index (χ1n) is 8.98. The monoisotopic (exact) mass is 490 g/mol. The molecule has 8 heteroatoms. The van der Waals surface area contributed by atoms with Crippen LogP contribution < -0.4 is 15.4 Å². The minimum Gasteiger partial charge on any atom is -0.488 e. The highest BCUT2D eigenvalue weighted by molar-refractivity contribution is 14.0. The Morgan fingerprint density at radius 3 is 2.78 bits per heavy atom. The largest absolute Gasteiger partial charge is 0.488 e. The summed E-state index contributed by atoms with van der Waals surface area (Å²) in [5, 5.41) is 6.44. The normalized spacial score (nSPS) is 16.4. The zero-order valence-corrected chi connectivity index (χ0v) is 18.9. The van der Waals surface area contributed by atoms with Gasteiger partial charge in [-0.3, -0.25) is 9.79 Å². The molecule has 1 aromatic carbocycles. The molecular formula is C19H31IN4O3. The van der Waals surface area contributed by atoms with Crippen molar-refractivity contribution in [3.63, 3.8) is 0 Å². The molecule has 0 radical (unpaired) electrons. The molecule has 1 aliphatic heterocycles. The minimum atomic E-state index is 0. The molecule has 0 saturated carbocycles. The van der Waals surface area contributed by atoms with E-state index in [0.29, 0.717) is 32.1 Å². The summed E-state index contributed by atoms with van der Waals surface area (Å²) in [5.74, 6) is 1.62. The van der Waals surface area contributed by atoms with Crippen LogP contribution in [0, 0.1) is 6.92 Å². The molecule has 1 atom stereocenters. The van der Waals surface area contributed by atoms with Crippen molar-refractivity contribution in [2.24, 2.45) is 4.99 Å². The molecule has 0 spiro atoms. The predicted octanol–water partition coefficient (Wildman–Crippen LogP) is 1.92. The fourth-order valence-electron chi connectivity index (χ4n) is 2.61. The molecule has 0 bridgehead atoms. The molecule has 0 aliphatic carbocycles. The van der Waals surface area contributed by atoms with E-state index in [2.05, 4.69) is 40.7 Å². The molecule has 1 amide bonds. The zero-order chi connectivity index (χ0) is 18.9. The number of nitrogens with zero attached hydrogens (tertiary/aromatic N) is 2. The number of hydrogen-bond acceptors (Lipinski definition) is 4. The van der Waals surface area contributed by atoms with Gasteiger partial charge in [-0.2, -0.15) is 0 Å². The molecule has 152 valence electrons. The Hall–Kier alpha value is -1.55. The van der Waals surface area contributed by atoms with Gasteiger partial charge in [0.2, 0.25) is 5.91 Å². The summed E-state index contributed by atoms with van der Waals surface area (Å²) in [5.41, 5.74) is 2.22. The third kappa shape index (κ3) is 7.92. The Balaban J connectivity index is 0.00000364. The van der Waals surface area contributed by atoms with Crippen molar-refractivity contribution in [2.75, 3.05) is 40.9 Å². The minimum absolute atomic E-state index is 0. The van der Waals surface area contributed by atoms with E-state index in [1.807, 2.05) is 0 Å². The average molecular weight is 490 g/mol. The standard InChI is InChI=1S/C19H30N4O3.HI/c1-14-5-6-15(17(11-14)26-16-8-10-25-13-16)12-22-19(20-2)21-9-7-18(24)23(3)4;/h5-6,11,16H,7-10,12-13H2,1-4H3,(H2,20,21,22);1H. The van der Waals surface area contributed by atoms with Crippen LogP contribution in [-0.2, 0) is 16.1 Å². The van der Waals surface area contributed by atoms with Crippen molar-refractivity contribution in [2.45, 2.75) is 32.4 Å². The Bertz CT molecular complexity index is 631. The van der Waals surface area contributed by atoms with Crippen molar-refractivity contribution < 1.29 is 14.3 Å². The number of rotatable bonds is 7. The maximum absolute atomic E-state index is 11.6. The van der Waals surface area contributed by atoms with E-state index >= 15 is 0 Å². The smallest absolute Gasteiger partial charge is 0.223 e. The van der Waals surface area contributed by atoms with Crippen molar-refractivity contribution in [3.05, 3.63) is 29.3 Å². The van der Waals surface area contributed by atoms with Gasteiger partial charge < -0.3 is 25.0 Å². The number of carbonyl (C=O) groups is 1. The van der Waals surface area contributed by atoms with E-state index < -0.39 is 0 Å². The van der Waals surface area contributed by atoms with Gasteiger partial charge >= 0.3 is 0 Å². The quantitative estimate of drug-likeness (QED) is 0.347. The number of hydrogen-bond donors (Lipinski definition) is 2. The summed E-state index contributed by atoms with van der Waals surface area (Å²) < 4.78 is 11.5. The molecule has 27 heavy (non-hydrogen) atoms. The summed E-state index contributed by atoms with van der Waals surface area (Å²) in [6.45, 7) is 4.57. The van der Waals surface area contributed by atoms with Crippen LogP contribution in [-0.4, -0.2) is 63.8 Å². The van der Waals surface area contributed by atoms with Gasteiger partial charge in [-0.15, -0.1) is 24.0 Å². The second-order valence-electron chi connectivity index (χ2n) is 6.61. The molecule has 1 fully saturated rings. The van der Waals surface area contributed by atoms with Gasteiger partial charge in [0.05, 0.1) is 13.2 Å². The van der Waals surface area contributed by atoms with Crippen LogP contribution in [0.2, 0.25) is 0 Å². The first-order chi connectivity index (χ1) is 12.5. The first kappa shape index (κ1) is 23.5. The van der Waals surface area contributed by atoms with Crippen LogP contribution in [0.1, 0.15) is 24.0 Å². The summed E-state index contributed by atoms with van der Waals surface area (Å²) >= 11 is 0. The topological polar surface area (TPSA) is 75.2 Å². The van der Waals surface area contributed by atoms with Crippen molar-refractivity contribution in [1.29, 1.82) is 0 Å². The Kier molecular flexibility index (Phi) is 10.5. The van der Waals surface area contributed by atoms with Gasteiger partial charge in [0, 0.05) is 52.6 Å². The lowest BCUT2D eigenvalue weighted by Crippen LogP contribution is -2.38. The predicted molar refractivity (Wildman–Crippen MR) is 118 cm³/mol. The first-order valence-corrected chi connectivity index (χ1v) is 8.98. The molecule has 7 nitrogen and oxygen atoms in total. The summed E-state index contributed by atoms with van der Waals surface area (Å²) in [6, 6.07) is 6.19. The third-order valence-corrected chi connectivity index (χ3v) is 4.20. The third-order valence-electron chi connectivity index (χ3n) is 4.20. The molecule has 1 unspecified atom stereocenters. The maximum Gasteiger partial charge on any atom is 0.223 e. The van der Waals surface area contributed by atoms with Gasteiger partial charge in [0.25, 0.3) is 0 Å². The lowest BCUT2D eigenvalue weighted by Gasteiger charge is -2.18. The van der Waals surface area contributed by atoms with Crippen LogP contribution in [0.25, 0.3) is 0 Å². The number of carbonyl (C=O) groups excluding carboxylic acids is 1. The van der Waals surface area contributed by atoms with Crippen LogP contribution >= 0.6 is 24.0 Å². The fourth-order valence-corrected chi connectivity index (χ4v) is 2.61. The summed E-state index contributed by atoms with van der Waals surface area (Å²) in [6.07, 6.45) is 1.46. The number of benzene rings is 1. The molecule has 1 aromatic rings. The Morgan fingerprint density at radius 1 is 1.37 bits per heavy atom. The molecule has 1 heterocycles. The van der Waals surface area contributed by atoms with E-state index in [9.17, 15) is 4.79 Å². The van der Waals surface area contributed by atoms with Crippen LogP contribution in [0.4, 0.5) is 0 Å². The van der Waals surface area contributed by atoms with Crippen molar-refractivity contribution in [3.8, 4) is 5.75 Å². The highest BCUT2D eigenvalue weighted by atomic mass is 127. The van der Waals surface area contributed by atoms with Gasteiger partial charge in [-0.25, -0.2) is 0 Å². The van der Waals surface area contributed by atoms with Crippen LogP contribution in [0.3, 0.4) is 0 Å². The molecular weight excluding hydrogens is 459 g/mol. The van der Waals surface area contributed by atoms with Gasteiger partial charge in [-0.1, -0.05) is 12.1 Å². The summed E-state index contributed by atoms with van der Waals surface area (Å²) in [4.78, 5) is 17.4. The van der Waals surface area contributed by atoms with Crippen molar-refractivity contribution >= 4 is 35.8 Å². The van der Waals surface area contributed by atoms with Gasteiger partial charge in [0.15, 0.2) is 5.96 Å². The van der Waals surface area contributed by atoms with E-state index in [4.69, 9.17) is 9.47 Å². The molecule has 2 N–H and O–H groups in total. The van der Waals surface area contributed by atoms with E-state index in [1.165, 1.54) is 0 Å². The second-order valence-corrected chi connectivity index (χ2v) is 6.61. The maximum atomic E-state index is 11.6. The number of guanidine groups is 1. The van der Waals surface area contributed by atoms with E-state index in [-0.39, 0.29) is 36.0 Å². The zero-order valence-electron chi connectivity index (χ0n) is 16.6. The molecule has 1 saturated heterocycles. The number of amides is 1. The van der Waals surface area contributed by atoms with Gasteiger partial charge in [0.1, 0.15) is 11.9 Å². The summed E-state index contributed by atoms with van der Waals surface area (Å²) in [7, 11) is 5.22. The fraction of sp³-hybridized carbons (Fsp3) is 0.579. The second kappa shape index (κ2) is 12.0. The number of ether oxygens (including phenoxy) is 2. The lowest BCUT2D eigenvalue weighted by atomic mass is 10.1. The Labute approximate surface area is 178 Å². The van der Waals surface area contributed by atoms with Crippen molar-refractivity contribution in [1.82, 2.24) is 15.5 Å². The Morgan fingerprint density at radius 2 is 2.15 bits per heavy atom. The number of aliphatic imine (C=N–C) groups is 1. The molecule has 1 aliphatic rings. The van der Waals surface area contributed by atoms with Crippen LogP contribution in [0.5, 0.6) is 5.75 Å². The SMILES string of the molecule is CN=C(NCCC(=O)N(C)C)NCc1ccc(C)cc1OC1CCOC1.I. The number of halogens is 1. The van der Waals surface area contributed by atoms with Gasteiger partial charge in [-0.05, 0) is 18.6 Å². The van der Waals surface area contributed by atoms with Crippen LogP contribution in [0.15, 0.2) is 23.2 Å². The lowest BCUT2D eigenvalue weighted by molar-refractivity contribution is -0.128. The van der Waals surface area contributed by atoms with E-state index in [1.54, 1.807) is 26.0 Å². The highest BCUT2D eigenvalue weighted by Crippen LogP contribution is 2.23.